The van der Waals surface area contributed by atoms with Crippen molar-refractivity contribution in [2.75, 3.05) is 13.2 Å². The molecule has 0 aliphatic carbocycles. The van der Waals surface area contributed by atoms with Crippen LogP contribution in [0.1, 0.15) is 18.2 Å². The summed E-state index contributed by atoms with van der Waals surface area (Å²) in [6, 6.07) is 17.2. The summed E-state index contributed by atoms with van der Waals surface area (Å²) in [5, 5.41) is 3.90. The number of carbonyl (C=O) groups excluding carboxylic acids is 2. The molecule has 1 amide bonds. The van der Waals surface area contributed by atoms with Crippen molar-refractivity contribution in [3.63, 3.8) is 0 Å². The van der Waals surface area contributed by atoms with Gasteiger partial charge in [-0.15, -0.1) is 0 Å². The monoisotopic (exact) mass is 434 g/mol. The van der Waals surface area contributed by atoms with E-state index in [0.717, 1.165) is 0 Å². The first-order chi connectivity index (χ1) is 15.6. The summed E-state index contributed by atoms with van der Waals surface area (Å²) >= 11 is 0. The Labute approximate surface area is 185 Å². The van der Waals surface area contributed by atoms with E-state index in [1.54, 1.807) is 54.6 Å². The van der Waals surface area contributed by atoms with Crippen molar-refractivity contribution in [1.82, 2.24) is 5.43 Å². The molecule has 3 rings (SSSR count). The normalized spacial score (nSPS) is 10.9. The van der Waals surface area contributed by atoms with Crippen molar-refractivity contribution in [2.24, 2.45) is 5.10 Å². The lowest BCUT2D eigenvalue weighted by atomic mass is 10.2. The highest BCUT2D eigenvalue weighted by Crippen LogP contribution is 2.26. The number of furan rings is 1. The maximum Gasteiger partial charge on any atom is 0.336 e. The van der Waals surface area contributed by atoms with Crippen LogP contribution in [0.3, 0.4) is 0 Å². The molecule has 3 aromatic rings. The summed E-state index contributed by atoms with van der Waals surface area (Å²) < 4.78 is 21.3. The second-order valence-corrected chi connectivity index (χ2v) is 6.30. The molecule has 0 atom stereocenters. The van der Waals surface area contributed by atoms with Crippen molar-refractivity contribution >= 4 is 24.2 Å². The summed E-state index contributed by atoms with van der Waals surface area (Å²) in [6.45, 7) is 2.14. The zero-order valence-corrected chi connectivity index (χ0v) is 17.4. The van der Waals surface area contributed by atoms with Gasteiger partial charge in [0.25, 0.3) is 5.91 Å². The Morgan fingerprint density at radius 3 is 2.59 bits per heavy atom. The van der Waals surface area contributed by atoms with Gasteiger partial charge in [0, 0.05) is 6.08 Å². The molecule has 32 heavy (non-hydrogen) atoms. The molecule has 8 heteroatoms. The zero-order valence-electron chi connectivity index (χ0n) is 17.4. The minimum Gasteiger partial charge on any atom is -0.490 e. The topological polar surface area (TPSA) is 99.4 Å². The van der Waals surface area contributed by atoms with Gasteiger partial charge in [-0.3, -0.25) is 4.79 Å². The lowest BCUT2D eigenvalue weighted by Crippen LogP contribution is -2.24. The Balaban J connectivity index is 1.48. The van der Waals surface area contributed by atoms with Crippen LogP contribution in [0.4, 0.5) is 0 Å². The van der Waals surface area contributed by atoms with E-state index < -0.39 is 11.9 Å². The molecule has 0 saturated heterocycles. The molecule has 0 radical (unpaired) electrons. The Morgan fingerprint density at radius 1 is 1.03 bits per heavy atom. The molecule has 0 spiro atoms. The third kappa shape index (κ3) is 7.17. The van der Waals surface area contributed by atoms with Crippen molar-refractivity contribution < 1.29 is 28.2 Å². The molecule has 1 heterocycles. The van der Waals surface area contributed by atoms with Crippen LogP contribution in [0.25, 0.3) is 6.08 Å². The van der Waals surface area contributed by atoms with Gasteiger partial charge in [0.2, 0.25) is 0 Å². The van der Waals surface area contributed by atoms with Crippen LogP contribution >= 0.6 is 0 Å². The molecule has 1 N–H and O–H groups in total. The highest BCUT2D eigenvalue weighted by molar-refractivity contribution is 5.89. The maximum atomic E-state index is 12.0. The van der Waals surface area contributed by atoms with Crippen molar-refractivity contribution in [1.29, 1.82) is 0 Å². The predicted octanol–water partition coefficient (Wildman–Crippen LogP) is 3.83. The van der Waals surface area contributed by atoms with Gasteiger partial charge >= 0.3 is 5.97 Å². The van der Waals surface area contributed by atoms with Gasteiger partial charge in [-0.25, -0.2) is 10.2 Å². The van der Waals surface area contributed by atoms with E-state index >= 15 is 0 Å². The Bertz CT molecular complexity index is 1090. The second-order valence-electron chi connectivity index (χ2n) is 6.30. The second kappa shape index (κ2) is 11.8. The summed E-state index contributed by atoms with van der Waals surface area (Å²) in [7, 11) is 0. The highest BCUT2D eigenvalue weighted by atomic mass is 16.5. The van der Waals surface area contributed by atoms with Crippen LogP contribution in [0.2, 0.25) is 0 Å². The van der Waals surface area contributed by atoms with Gasteiger partial charge in [-0.1, -0.05) is 24.3 Å². The van der Waals surface area contributed by atoms with Crippen LogP contribution in [0.5, 0.6) is 17.2 Å². The smallest absolute Gasteiger partial charge is 0.336 e. The Morgan fingerprint density at radius 2 is 1.84 bits per heavy atom. The van der Waals surface area contributed by atoms with Crippen LogP contribution in [0, 0.1) is 0 Å². The number of ether oxygens (including phenoxy) is 3. The largest absolute Gasteiger partial charge is 0.490 e. The predicted molar refractivity (Wildman–Crippen MR) is 119 cm³/mol. The van der Waals surface area contributed by atoms with Gasteiger partial charge in [0.1, 0.15) is 11.5 Å². The van der Waals surface area contributed by atoms with Gasteiger partial charge in [-0.05, 0) is 55.0 Å². The fourth-order valence-electron chi connectivity index (χ4n) is 2.54. The summed E-state index contributed by atoms with van der Waals surface area (Å²) in [5.41, 5.74) is 3.02. The number of hydrogen-bond donors (Lipinski definition) is 1. The summed E-state index contributed by atoms with van der Waals surface area (Å²) in [5.74, 6) is 0.946. The minimum atomic E-state index is -0.548. The highest BCUT2D eigenvalue weighted by Gasteiger charge is 2.07. The van der Waals surface area contributed by atoms with E-state index in [-0.39, 0.29) is 6.61 Å². The number of carbonyl (C=O) groups is 2. The number of benzene rings is 2. The average molecular weight is 434 g/mol. The number of nitrogens with one attached hydrogen (secondary N) is 1. The van der Waals surface area contributed by atoms with E-state index in [1.807, 2.05) is 13.0 Å². The van der Waals surface area contributed by atoms with Crippen LogP contribution in [0.15, 0.2) is 82.5 Å². The number of hydrogen-bond acceptors (Lipinski definition) is 7. The van der Waals surface area contributed by atoms with Gasteiger partial charge in [0.05, 0.1) is 19.1 Å². The van der Waals surface area contributed by atoms with Crippen LogP contribution in [-0.2, 0) is 9.59 Å². The van der Waals surface area contributed by atoms with Gasteiger partial charge in [-0.2, -0.15) is 5.10 Å². The minimum absolute atomic E-state index is 0.221. The van der Waals surface area contributed by atoms with Crippen LogP contribution < -0.4 is 19.6 Å². The molecule has 8 nitrogen and oxygen atoms in total. The van der Waals surface area contributed by atoms with E-state index in [4.69, 9.17) is 18.6 Å². The fraction of sp³-hybridized carbons (Fsp3) is 0.125. The molecule has 0 aliphatic heterocycles. The third-order valence-corrected chi connectivity index (χ3v) is 3.91. The third-order valence-electron chi connectivity index (χ3n) is 3.91. The average Bonchev–Trinajstić information content (AvgIpc) is 3.31. The lowest BCUT2D eigenvalue weighted by molar-refractivity contribution is -0.129. The lowest BCUT2D eigenvalue weighted by Gasteiger charge is -2.10. The first-order valence-electron chi connectivity index (χ1n) is 9.84. The SMILES string of the molecule is CCOc1ccccc1OCC(=O)NN=Cc1cccc(OC(=O)/C=C/c2ccco2)c1. The Kier molecular flexibility index (Phi) is 8.21. The first kappa shape index (κ1) is 22.4. The number of rotatable bonds is 10. The number of nitrogens with zero attached hydrogens (tertiary/aromatic N) is 1. The Hall–Kier alpha value is -4.33. The number of esters is 1. The fourth-order valence-corrected chi connectivity index (χ4v) is 2.54. The number of amides is 1. The molecule has 0 saturated carbocycles. The quantitative estimate of drug-likeness (QED) is 0.171. The number of para-hydroxylation sites is 2. The molecule has 0 fully saturated rings. The van der Waals surface area contributed by atoms with Crippen molar-refractivity contribution in [2.45, 2.75) is 6.92 Å². The summed E-state index contributed by atoms with van der Waals surface area (Å²) in [4.78, 5) is 23.9. The van der Waals surface area contributed by atoms with Crippen molar-refractivity contribution in [3.8, 4) is 17.2 Å². The van der Waals surface area contributed by atoms with E-state index in [2.05, 4.69) is 10.5 Å². The zero-order chi connectivity index (χ0) is 22.6. The van der Waals surface area contributed by atoms with E-state index in [9.17, 15) is 9.59 Å². The van der Waals surface area contributed by atoms with Crippen LogP contribution in [-0.4, -0.2) is 31.3 Å². The standard InChI is InChI=1S/C24H22N2O6/c1-2-29-21-10-3-4-11-22(21)31-17-23(27)26-25-16-18-7-5-8-20(15-18)32-24(28)13-12-19-9-6-14-30-19/h3-16H,2,17H2,1H3,(H,26,27)/b13-12+,25-16?. The van der Waals surface area contributed by atoms with Gasteiger partial charge in [0.15, 0.2) is 18.1 Å². The molecular weight excluding hydrogens is 412 g/mol. The van der Waals surface area contributed by atoms with E-state index in [1.165, 1.54) is 24.6 Å². The molecule has 0 unspecified atom stereocenters. The van der Waals surface area contributed by atoms with Gasteiger partial charge < -0.3 is 18.6 Å². The van der Waals surface area contributed by atoms with E-state index in [0.29, 0.717) is 35.2 Å². The molecule has 1 aromatic heterocycles. The maximum absolute atomic E-state index is 12.0. The first-order valence-corrected chi connectivity index (χ1v) is 9.84. The number of hydrazone groups is 1. The van der Waals surface area contributed by atoms with Crippen molar-refractivity contribution in [3.05, 3.63) is 84.3 Å². The molecule has 164 valence electrons. The molecule has 0 aliphatic rings. The summed E-state index contributed by atoms with van der Waals surface area (Å²) in [6.07, 6.45) is 5.72. The molecule has 2 aromatic carbocycles. The molecule has 0 bridgehead atoms. The molecular formula is C24H22N2O6.